The Morgan fingerprint density at radius 1 is 1.27 bits per heavy atom. The van der Waals surface area contributed by atoms with E-state index in [1.807, 2.05) is 0 Å². The molecule has 1 nitrogen and oxygen atoms in total. The highest BCUT2D eigenvalue weighted by Crippen LogP contribution is 2.75. The number of hydrogen-bond donors (Lipinski definition) is 0. The summed E-state index contributed by atoms with van der Waals surface area (Å²) in [7, 11) is 0. The zero-order valence-electron chi connectivity index (χ0n) is 5.98. The van der Waals surface area contributed by atoms with Gasteiger partial charge in [-0.2, -0.15) is 0 Å². The first-order chi connectivity index (χ1) is 5.09. The zero-order valence-corrected chi connectivity index (χ0v) is 8.51. The van der Waals surface area contributed by atoms with Crippen LogP contribution in [0.4, 0.5) is 0 Å². The third kappa shape index (κ3) is 2.00. The van der Waals surface area contributed by atoms with E-state index >= 15 is 0 Å². The molecule has 0 N–H and O–H groups in total. The van der Waals surface area contributed by atoms with Crippen molar-refractivity contribution in [3.63, 3.8) is 0 Å². The van der Waals surface area contributed by atoms with Gasteiger partial charge < -0.3 is 4.57 Å². The molecule has 11 heavy (non-hydrogen) atoms. The molecule has 1 aliphatic rings. The Kier molecular flexibility index (Phi) is 2.66. The molecule has 0 aliphatic carbocycles. The molecule has 0 aromatic heterocycles. The summed E-state index contributed by atoms with van der Waals surface area (Å²) in [6.45, 7) is 1.71. The lowest BCUT2D eigenvalue weighted by atomic mass is 10.3. The summed E-state index contributed by atoms with van der Waals surface area (Å²) in [5.74, 6) is 5.10. The van der Waals surface area contributed by atoms with Gasteiger partial charge in [-0.15, -0.1) is 12.8 Å². The standard InChI is InChI=1S/C7H7OPS2/c1-4-6-7(5-2)11-9(3,8)10-6/h1-2,6-7H,3H3. The van der Waals surface area contributed by atoms with Gasteiger partial charge in [0.1, 0.15) is 0 Å². The van der Waals surface area contributed by atoms with Crippen LogP contribution in [0.3, 0.4) is 0 Å². The van der Waals surface area contributed by atoms with Crippen LogP contribution in [0, 0.1) is 24.7 Å². The first-order valence-corrected chi connectivity index (χ1v) is 8.08. The predicted octanol–water partition coefficient (Wildman–Crippen LogP) is 2.29. The maximum absolute atomic E-state index is 11.5. The Morgan fingerprint density at radius 3 is 1.91 bits per heavy atom. The molecule has 0 aromatic rings. The summed E-state index contributed by atoms with van der Waals surface area (Å²) in [6, 6.07) is 0. The summed E-state index contributed by atoms with van der Waals surface area (Å²) in [5.41, 5.74) is -2.14. The van der Waals surface area contributed by atoms with Crippen molar-refractivity contribution in [2.75, 3.05) is 6.66 Å². The van der Waals surface area contributed by atoms with E-state index in [4.69, 9.17) is 12.8 Å². The third-order valence-corrected chi connectivity index (χ3v) is 8.63. The molecule has 0 amide bonds. The van der Waals surface area contributed by atoms with Crippen LogP contribution in [0.5, 0.6) is 0 Å². The number of rotatable bonds is 0. The minimum atomic E-state index is -2.14. The van der Waals surface area contributed by atoms with E-state index in [-0.39, 0.29) is 10.5 Å². The summed E-state index contributed by atoms with van der Waals surface area (Å²) < 4.78 is 11.5. The van der Waals surface area contributed by atoms with Crippen molar-refractivity contribution in [2.24, 2.45) is 0 Å². The lowest BCUT2D eigenvalue weighted by molar-refractivity contribution is 0.597. The van der Waals surface area contributed by atoms with E-state index in [9.17, 15) is 4.57 Å². The molecule has 0 radical (unpaired) electrons. The number of hydrogen-bond acceptors (Lipinski definition) is 3. The molecule has 0 spiro atoms. The van der Waals surface area contributed by atoms with Gasteiger partial charge in [0, 0.05) is 6.66 Å². The summed E-state index contributed by atoms with van der Waals surface area (Å²) in [5, 5.41) is -0.137. The van der Waals surface area contributed by atoms with Crippen molar-refractivity contribution >= 4 is 28.3 Å². The van der Waals surface area contributed by atoms with E-state index in [2.05, 4.69) is 11.8 Å². The highest BCUT2D eigenvalue weighted by Gasteiger charge is 2.38. The van der Waals surface area contributed by atoms with Gasteiger partial charge in [0.05, 0.1) is 10.5 Å². The van der Waals surface area contributed by atoms with Crippen LogP contribution >= 0.6 is 28.3 Å². The van der Waals surface area contributed by atoms with Crippen molar-refractivity contribution in [3.8, 4) is 24.7 Å². The van der Waals surface area contributed by atoms with Crippen molar-refractivity contribution in [1.29, 1.82) is 0 Å². The largest absolute Gasteiger partial charge is 0.301 e. The molecule has 1 rings (SSSR count). The average molecular weight is 202 g/mol. The van der Waals surface area contributed by atoms with Gasteiger partial charge >= 0.3 is 0 Å². The van der Waals surface area contributed by atoms with Crippen LogP contribution in [-0.4, -0.2) is 17.2 Å². The molecule has 1 saturated heterocycles. The monoisotopic (exact) mass is 202 g/mol. The lowest BCUT2D eigenvalue weighted by Crippen LogP contribution is -2.09. The van der Waals surface area contributed by atoms with Crippen LogP contribution < -0.4 is 0 Å². The fourth-order valence-corrected chi connectivity index (χ4v) is 8.82. The maximum Gasteiger partial charge on any atom is 0.190 e. The van der Waals surface area contributed by atoms with Crippen LogP contribution in [0.25, 0.3) is 0 Å². The molecular weight excluding hydrogens is 195 g/mol. The van der Waals surface area contributed by atoms with Crippen molar-refractivity contribution in [3.05, 3.63) is 0 Å². The summed E-state index contributed by atoms with van der Waals surface area (Å²) >= 11 is 2.68. The van der Waals surface area contributed by atoms with Crippen molar-refractivity contribution in [1.82, 2.24) is 0 Å². The third-order valence-electron chi connectivity index (χ3n) is 1.21. The van der Waals surface area contributed by atoms with E-state index in [0.717, 1.165) is 0 Å². The van der Waals surface area contributed by atoms with Gasteiger partial charge in [-0.05, 0) is 0 Å². The Labute approximate surface area is 75.0 Å². The second-order valence-electron chi connectivity index (χ2n) is 2.16. The Morgan fingerprint density at radius 2 is 1.64 bits per heavy atom. The Hall–Kier alpha value is 0.0500. The first-order valence-electron chi connectivity index (χ1n) is 2.95. The van der Waals surface area contributed by atoms with Crippen LogP contribution in [0.1, 0.15) is 0 Å². The van der Waals surface area contributed by atoms with E-state index < -0.39 is 5.55 Å². The molecule has 4 heteroatoms. The van der Waals surface area contributed by atoms with Crippen LogP contribution in [-0.2, 0) is 4.57 Å². The smallest absolute Gasteiger partial charge is 0.190 e. The molecule has 1 heterocycles. The predicted molar refractivity (Wildman–Crippen MR) is 54.0 cm³/mol. The minimum Gasteiger partial charge on any atom is -0.301 e. The van der Waals surface area contributed by atoms with Gasteiger partial charge in [-0.25, -0.2) is 0 Å². The second-order valence-corrected chi connectivity index (χ2v) is 11.3. The summed E-state index contributed by atoms with van der Waals surface area (Å²) in [6.07, 6.45) is 10.4. The van der Waals surface area contributed by atoms with E-state index in [1.54, 1.807) is 6.66 Å². The van der Waals surface area contributed by atoms with E-state index in [1.165, 1.54) is 22.8 Å². The normalized spacial score (nSPS) is 42.8. The van der Waals surface area contributed by atoms with Gasteiger partial charge in [-0.1, -0.05) is 34.6 Å². The van der Waals surface area contributed by atoms with Crippen LogP contribution in [0.15, 0.2) is 0 Å². The molecule has 0 aromatic carbocycles. The molecule has 0 bridgehead atoms. The highest BCUT2D eigenvalue weighted by atomic mass is 33.1. The maximum atomic E-state index is 11.5. The van der Waals surface area contributed by atoms with Crippen molar-refractivity contribution < 1.29 is 4.57 Å². The average Bonchev–Trinajstić information content (AvgIpc) is 2.25. The highest BCUT2D eigenvalue weighted by molar-refractivity contribution is 8.92. The van der Waals surface area contributed by atoms with Gasteiger partial charge in [0.15, 0.2) is 5.55 Å². The SMILES string of the molecule is C#CC1SP(C)(=O)SC1C#C. The molecule has 58 valence electrons. The Bertz CT molecular complexity index is 260. The molecule has 2 unspecified atom stereocenters. The van der Waals surface area contributed by atoms with Gasteiger partial charge in [-0.3, -0.25) is 0 Å². The molecule has 1 fully saturated rings. The summed E-state index contributed by atoms with van der Waals surface area (Å²) in [4.78, 5) is 0. The fraction of sp³-hybridized carbons (Fsp3) is 0.429. The quantitative estimate of drug-likeness (QED) is 0.443. The minimum absolute atomic E-state index is 0.0687. The van der Waals surface area contributed by atoms with Crippen molar-refractivity contribution in [2.45, 2.75) is 10.5 Å². The van der Waals surface area contributed by atoms with Gasteiger partial charge in [0.2, 0.25) is 0 Å². The molecule has 0 saturated carbocycles. The first kappa shape index (κ1) is 9.14. The van der Waals surface area contributed by atoms with Gasteiger partial charge in [0.25, 0.3) is 0 Å². The zero-order chi connectivity index (χ0) is 8.48. The van der Waals surface area contributed by atoms with Crippen LogP contribution in [0.2, 0.25) is 0 Å². The fourth-order valence-electron chi connectivity index (χ4n) is 0.784. The number of terminal acetylenes is 2. The topological polar surface area (TPSA) is 17.1 Å². The lowest BCUT2D eigenvalue weighted by Gasteiger charge is -2.00. The second kappa shape index (κ2) is 3.20. The molecule has 1 aliphatic heterocycles. The van der Waals surface area contributed by atoms with E-state index in [0.29, 0.717) is 0 Å². The Balaban J connectivity index is 2.82. The molecule has 2 atom stereocenters. The molecular formula is C7H7OPS2.